The van der Waals surface area contributed by atoms with Crippen molar-refractivity contribution in [3.8, 4) is 0 Å². The highest BCUT2D eigenvalue weighted by molar-refractivity contribution is 5.60. The Morgan fingerprint density at radius 2 is 1.76 bits per heavy atom. The van der Waals surface area contributed by atoms with Crippen molar-refractivity contribution in [2.24, 2.45) is 0 Å². The lowest BCUT2D eigenvalue weighted by atomic mass is 10.3. The van der Waals surface area contributed by atoms with E-state index in [1.54, 1.807) is 0 Å². The number of aromatic nitrogens is 3. The number of hydrogen-bond acceptors (Lipinski definition) is 5. The van der Waals surface area contributed by atoms with Gasteiger partial charge in [-0.15, -0.1) is 0 Å². The Hall–Kier alpha value is -2.43. The maximum atomic E-state index is 4.50. The SMILES string of the molecule is C=C(C)c1nc(Nc2ccccc2)nc(N(CC)CC)n1. The van der Waals surface area contributed by atoms with Crippen molar-refractivity contribution in [2.45, 2.75) is 20.8 Å². The van der Waals surface area contributed by atoms with Crippen molar-refractivity contribution in [3.05, 3.63) is 42.7 Å². The van der Waals surface area contributed by atoms with Crippen LogP contribution in [-0.2, 0) is 0 Å². The molecule has 5 nitrogen and oxygen atoms in total. The molecule has 0 aliphatic carbocycles. The van der Waals surface area contributed by atoms with E-state index < -0.39 is 0 Å². The van der Waals surface area contributed by atoms with E-state index in [2.05, 4.69) is 45.6 Å². The van der Waals surface area contributed by atoms with E-state index in [1.807, 2.05) is 37.3 Å². The van der Waals surface area contributed by atoms with Crippen molar-refractivity contribution in [1.29, 1.82) is 0 Å². The number of hydrogen-bond donors (Lipinski definition) is 1. The van der Waals surface area contributed by atoms with E-state index in [1.165, 1.54) is 0 Å². The van der Waals surface area contributed by atoms with E-state index in [4.69, 9.17) is 0 Å². The molecule has 0 radical (unpaired) electrons. The molecular formula is C16H21N5. The summed E-state index contributed by atoms with van der Waals surface area (Å²) in [6, 6.07) is 9.85. The van der Waals surface area contributed by atoms with Crippen LogP contribution in [0.15, 0.2) is 36.9 Å². The summed E-state index contributed by atoms with van der Waals surface area (Å²) in [4.78, 5) is 15.5. The Balaban J connectivity index is 2.38. The first kappa shape index (κ1) is 15.0. The second-order valence-electron chi connectivity index (χ2n) is 4.73. The van der Waals surface area contributed by atoms with Gasteiger partial charge in [0.15, 0.2) is 5.82 Å². The van der Waals surface area contributed by atoms with Gasteiger partial charge in [0.05, 0.1) is 0 Å². The molecule has 1 aromatic heterocycles. The lowest BCUT2D eigenvalue weighted by molar-refractivity contribution is 0.810. The fourth-order valence-corrected chi connectivity index (χ4v) is 1.91. The Kier molecular flexibility index (Phi) is 4.87. The lowest BCUT2D eigenvalue weighted by Crippen LogP contribution is -2.25. The zero-order valence-corrected chi connectivity index (χ0v) is 12.8. The fraction of sp³-hybridized carbons (Fsp3) is 0.312. The monoisotopic (exact) mass is 283 g/mol. The Morgan fingerprint density at radius 3 is 2.33 bits per heavy atom. The van der Waals surface area contributed by atoms with E-state index >= 15 is 0 Å². The summed E-state index contributed by atoms with van der Waals surface area (Å²) >= 11 is 0. The molecule has 0 aliphatic rings. The van der Waals surface area contributed by atoms with E-state index in [9.17, 15) is 0 Å². The van der Waals surface area contributed by atoms with Crippen LogP contribution < -0.4 is 10.2 Å². The normalized spacial score (nSPS) is 10.2. The second kappa shape index (κ2) is 6.83. The maximum absolute atomic E-state index is 4.50. The third kappa shape index (κ3) is 3.78. The standard InChI is InChI=1S/C16H21N5/c1-5-21(6-2)16-19-14(12(3)4)18-15(20-16)17-13-10-8-7-9-11-13/h7-11H,3,5-6H2,1-2,4H3,(H,17,18,19,20). The molecule has 1 N–H and O–H groups in total. The van der Waals surface area contributed by atoms with Crippen molar-refractivity contribution in [1.82, 2.24) is 15.0 Å². The van der Waals surface area contributed by atoms with Gasteiger partial charge in [0.2, 0.25) is 11.9 Å². The minimum absolute atomic E-state index is 0.538. The summed E-state index contributed by atoms with van der Waals surface area (Å²) in [6.07, 6.45) is 0. The third-order valence-corrected chi connectivity index (χ3v) is 3.08. The number of nitrogens with zero attached hydrogens (tertiary/aromatic N) is 4. The van der Waals surface area contributed by atoms with Crippen LogP contribution in [0, 0.1) is 0 Å². The number of rotatable bonds is 6. The third-order valence-electron chi connectivity index (χ3n) is 3.08. The van der Waals surface area contributed by atoms with Gasteiger partial charge in [0, 0.05) is 18.8 Å². The number of para-hydroxylation sites is 1. The molecule has 0 unspecified atom stereocenters. The predicted octanol–water partition coefficient (Wildman–Crippen LogP) is 3.49. The molecule has 0 atom stereocenters. The average Bonchev–Trinajstić information content (AvgIpc) is 2.49. The van der Waals surface area contributed by atoms with Crippen LogP contribution >= 0.6 is 0 Å². The van der Waals surface area contributed by atoms with E-state index in [0.29, 0.717) is 17.7 Å². The molecule has 0 saturated carbocycles. The minimum atomic E-state index is 0.538. The molecule has 110 valence electrons. The molecule has 0 aliphatic heterocycles. The summed E-state index contributed by atoms with van der Waals surface area (Å²) < 4.78 is 0. The van der Waals surface area contributed by atoms with Gasteiger partial charge >= 0.3 is 0 Å². The highest BCUT2D eigenvalue weighted by Gasteiger charge is 2.11. The molecule has 21 heavy (non-hydrogen) atoms. The largest absolute Gasteiger partial charge is 0.341 e. The van der Waals surface area contributed by atoms with Crippen molar-refractivity contribution < 1.29 is 0 Å². The molecule has 1 heterocycles. The summed E-state index contributed by atoms with van der Waals surface area (Å²) in [5.41, 5.74) is 1.77. The maximum Gasteiger partial charge on any atom is 0.232 e. The molecule has 0 spiro atoms. The van der Waals surface area contributed by atoms with Crippen LogP contribution in [-0.4, -0.2) is 28.0 Å². The van der Waals surface area contributed by atoms with Crippen LogP contribution in [0.5, 0.6) is 0 Å². The first-order valence-corrected chi connectivity index (χ1v) is 7.13. The average molecular weight is 283 g/mol. The summed E-state index contributed by atoms with van der Waals surface area (Å²) in [5.74, 6) is 1.83. The quantitative estimate of drug-likeness (QED) is 0.879. The van der Waals surface area contributed by atoms with Gasteiger partial charge in [0.25, 0.3) is 0 Å². The molecular weight excluding hydrogens is 262 g/mol. The Morgan fingerprint density at radius 1 is 1.10 bits per heavy atom. The van der Waals surface area contributed by atoms with Gasteiger partial charge in [-0.2, -0.15) is 15.0 Å². The van der Waals surface area contributed by atoms with Crippen molar-refractivity contribution in [2.75, 3.05) is 23.3 Å². The smallest absolute Gasteiger partial charge is 0.232 e. The predicted molar refractivity (Wildman–Crippen MR) is 87.8 cm³/mol. The molecule has 0 saturated heterocycles. The molecule has 0 amide bonds. The zero-order chi connectivity index (χ0) is 15.2. The van der Waals surface area contributed by atoms with Gasteiger partial charge in [-0.1, -0.05) is 24.8 Å². The van der Waals surface area contributed by atoms with Gasteiger partial charge in [-0.25, -0.2) is 0 Å². The van der Waals surface area contributed by atoms with Crippen LogP contribution in [0.3, 0.4) is 0 Å². The number of allylic oxidation sites excluding steroid dienone is 1. The van der Waals surface area contributed by atoms with Gasteiger partial charge in [0.1, 0.15) is 0 Å². The van der Waals surface area contributed by atoms with Gasteiger partial charge < -0.3 is 10.2 Å². The van der Waals surface area contributed by atoms with Gasteiger partial charge in [-0.05, 0) is 38.5 Å². The lowest BCUT2D eigenvalue weighted by Gasteiger charge is -2.19. The number of anilines is 3. The Labute approximate surface area is 125 Å². The molecule has 2 aromatic rings. The van der Waals surface area contributed by atoms with Crippen molar-refractivity contribution >= 4 is 23.2 Å². The summed E-state index contributed by atoms with van der Waals surface area (Å²) in [7, 11) is 0. The van der Waals surface area contributed by atoms with Crippen LogP contribution in [0.2, 0.25) is 0 Å². The van der Waals surface area contributed by atoms with Crippen LogP contribution in [0.4, 0.5) is 17.6 Å². The van der Waals surface area contributed by atoms with Crippen molar-refractivity contribution in [3.63, 3.8) is 0 Å². The fourth-order valence-electron chi connectivity index (χ4n) is 1.91. The first-order valence-electron chi connectivity index (χ1n) is 7.13. The second-order valence-corrected chi connectivity index (χ2v) is 4.73. The first-order chi connectivity index (χ1) is 10.1. The van der Waals surface area contributed by atoms with E-state index in [0.717, 1.165) is 24.4 Å². The molecule has 2 rings (SSSR count). The Bertz CT molecular complexity index is 605. The molecule has 0 bridgehead atoms. The highest BCUT2D eigenvalue weighted by Crippen LogP contribution is 2.18. The minimum Gasteiger partial charge on any atom is -0.341 e. The summed E-state index contributed by atoms with van der Waals surface area (Å²) in [5, 5.41) is 3.21. The summed E-state index contributed by atoms with van der Waals surface area (Å²) in [6.45, 7) is 11.7. The zero-order valence-electron chi connectivity index (χ0n) is 12.8. The molecule has 0 fully saturated rings. The molecule has 1 aromatic carbocycles. The topological polar surface area (TPSA) is 53.9 Å². The number of nitrogens with one attached hydrogen (secondary N) is 1. The highest BCUT2D eigenvalue weighted by atomic mass is 15.3. The van der Waals surface area contributed by atoms with Crippen LogP contribution in [0.1, 0.15) is 26.6 Å². The number of benzene rings is 1. The van der Waals surface area contributed by atoms with Gasteiger partial charge in [-0.3, -0.25) is 0 Å². The van der Waals surface area contributed by atoms with Crippen LogP contribution in [0.25, 0.3) is 5.57 Å². The van der Waals surface area contributed by atoms with E-state index in [-0.39, 0.29) is 0 Å². The molecule has 5 heteroatoms.